The third kappa shape index (κ3) is 5.65. The molecule has 0 atom stereocenters. The Labute approximate surface area is 281 Å². The van der Waals surface area contributed by atoms with Crippen LogP contribution in [0.4, 0.5) is 0 Å². The van der Waals surface area contributed by atoms with Gasteiger partial charge in [-0.05, 0) is 78.2 Å². The van der Waals surface area contributed by atoms with Crippen molar-refractivity contribution < 1.29 is 0 Å². The Morgan fingerprint density at radius 1 is 0.458 bits per heavy atom. The van der Waals surface area contributed by atoms with Crippen LogP contribution in [0.3, 0.4) is 0 Å². The van der Waals surface area contributed by atoms with E-state index < -0.39 is 0 Å². The largest absolute Gasteiger partial charge is 0.383 e. The number of rotatable bonds is 7. The van der Waals surface area contributed by atoms with E-state index in [1.54, 1.807) is 0 Å². The Morgan fingerprint density at radius 3 is 1.58 bits per heavy atom. The average molecular weight is 615 g/mol. The maximum atomic E-state index is 6.55. The van der Waals surface area contributed by atoms with Gasteiger partial charge in [0.15, 0.2) is 0 Å². The van der Waals surface area contributed by atoms with Gasteiger partial charge in [-0.3, -0.25) is 0 Å². The van der Waals surface area contributed by atoms with E-state index in [2.05, 4.69) is 146 Å². The minimum atomic E-state index is 0.500. The normalized spacial score (nSPS) is 12.2. The Balaban J connectivity index is 1.26. The third-order valence-corrected chi connectivity index (χ3v) is 9.12. The van der Waals surface area contributed by atoms with E-state index in [0.717, 1.165) is 23.2 Å². The minimum absolute atomic E-state index is 0.500. The first-order valence-corrected chi connectivity index (χ1v) is 16.4. The topological polar surface area (TPSA) is 38.4 Å². The van der Waals surface area contributed by atoms with E-state index in [1.165, 1.54) is 60.1 Å². The van der Waals surface area contributed by atoms with Crippen molar-refractivity contribution in [2.75, 3.05) is 0 Å². The van der Waals surface area contributed by atoms with Gasteiger partial charge in [0, 0.05) is 5.56 Å². The molecule has 228 valence electrons. The average Bonchev–Trinajstić information content (AvgIpc) is 3.16. The van der Waals surface area contributed by atoms with E-state index in [-0.39, 0.29) is 0 Å². The zero-order valence-corrected chi connectivity index (χ0v) is 26.6. The Bertz CT molecular complexity index is 2400. The molecule has 0 unspecified atom stereocenters. The van der Waals surface area contributed by atoms with Crippen LogP contribution in [-0.4, -0.2) is 5.84 Å². The highest BCUT2D eigenvalue weighted by molar-refractivity contribution is 6.21. The first-order chi connectivity index (χ1) is 23.7. The number of fused-ring (bicyclic) bond motifs is 3. The van der Waals surface area contributed by atoms with Crippen molar-refractivity contribution in [2.24, 2.45) is 10.7 Å². The number of nitrogens with two attached hydrogens (primary N) is 1. The molecule has 0 amide bonds. The first kappa shape index (κ1) is 29.2. The minimum Gasteiger partial charge on any atom is -0.383 e. The summed E-state index contributed by atoms with van der Waals surface area (Å²) in [6.07, 6.45) is 2.93. The molecule has 0 saturated carbocycles. The van der Waals surface area contributed by atoms with Crippen LogP contribution in [0.25, 0.3) is 60.3 Å². The van der Waals surface area contributed by atoms with Crippen molar-refractivity contribution in [1.29, 1.82) is 0 Å². The van der Waals surface area contributed by atoms with E-state index in [9.17, 15) is 0 Å². The first-order valence-electron chi connectivity index (χ1n) is 16.4. The summed E-state index contributed by atoms with van der Waals surface area (Å²) >= 11 is 0. The lowest BCUT2D eigenvalue weighted by Gasteiger charge is -2.18. The highest BCUT2D eigenvalue weighted by Gasteiger charge is 2.17. The highest BCUT2D eigenvalue weighted by Crippen LogP contribution is 2.44. The van der Waals surface area contributed by atoms with Crippen molar-refractivity contribution in [3.8, 4) is 22.3 Å². The molecular formula is C46H34N2. The second-order valence-corrected chi connectivity index (χ2v) is 12.1. The van der Waals surface area contributed by atoms with Crippen LogP contribution in [0, 0.1) is 0 Å². The van der Waals surface area contributed by atoms with E-state index in [4.69, 9.17) is 10.7 Å². The molecule has 2 N–H and O–H groups in total. The molecule has 0 radical (unpaired) electrons. The summed E-state index contributed by atoms with van der Waals surface area (Å²) < 4.78 is 0. The van der Waals surface area contributed by atoms with Gasteiger partial charge < -0.3 is 5.73 Å². The predicted molar refractivity (Wildman–Crippen MR) is 205 cm³/mol. The fourth-order valence-corrected chi connectivity index (χ4v) is 6.76. The van der Waals surface area contributed by atoms with Crippen LogP contribution in [-0.2, 0) is 6.42 Å². The number of hydrogen-bond acceptors (Lipinski definition) is 1. The lowest BCUT2D eigenvalue weighted by Crippen LogP contribution is -2.13. The van der Waals surface area contributed by atoms with Gasteiger partial charge in [-0.2, -0.15) is 0 Å². The summed E-state index contributed by atoms with van der Waals surface area (Å²) in [5, 5.41) is 7.45. The van der Waals surface area contributed by atoms with Gasteiger partial charge in [-0.25, -0.2) is 4.99 Å². The number of hydrogen-bond donors (Lipinski definition) is 1. The van der Waals surface area contributed by atoms with Crippen molar-refractivity contribution in [3.05, 3.63) is 199 Å². The van der Waals surface area contributed by atoms with Gasteiger partial charge in [0.2, 0.25) is 0 Å². The van der Waals surface area contributed by atoms with Crippen LogP contribution in [0.2, 0.25) is 0 Å². The molecule has 0 saturated heterocycles. The quantitative estimate of drug-likeness (QED) is 0.108. The van der Waals surface area contributed by atoms with Gasteiger partial charge in [0.05, 0.1) is 5.70 Å². The highest BCUT2D eigenvalue weighted by atomic mass is 14.9. The Kier molecular flexibility index (Phi) is 7.82. The van der Waals surface area contributed by atoms with Gasteiger partial charge >= 0.3 is 0 Å². The lowest BCUT2D eigenvalue weighted by molar-refractivity contribution is 1.26. The molecule has 0 aromatic heterocycles. The molecule has 2 heteroatoms. The van der Waals surface area contributed by atoms with Gasteiger partial charge in [0.1, 0.15) is 5.84 Å². The molecule has 0 aliphatic rings. The van der Waals surface area contributed by atoms with Crippen LogP contribution < -0.4 is 5.73 Å². The number of allylic oxidation sites excluding steroid dienone is 1. The molecule has 0 spiro atoms. The third-order valence-electron chi connectivity index (χ3n) is 9.12. The van der Waals surface area contributed by atoms with Crippen LogP contribution >= 0.6 is 0 Å². The molecule has 0 bridgehead atoms. The maximum absolute atomic E-state index is 6.55. The number of benzene rings is 8. The second kappa shape index (κ2) is 12.9. The van der Waals surface area contributed by atoms with E-state index in [1.807, 2.05) is 36.4 Å². The molecule has 8 rings (SSSR count). The molecule has 8 aromatic carbocycles. The zero-order chi connectivity index (χ0) is 32.3. The SMILES string of the molecule is NC(=N/C(=C\Cc1ccccc1)c1ccc(-c2c3ccccc3c(-c3ccc4ccccc4c3)c3ccccc23)cc1)c1ccccc1. The summed E-state index contributed by atoms with van der Waals surface area (Å²) in [6.45, 7) is 0. The summed E-state index contributed by atoms with van der Waals surface area (Å²) in [6, 6.07) is 62.2. The number of aliphatic imine (C=N–C) groups is 1. The summed E-state index contributed by atoms with van der Waals surface area (Å²) in [5.41, 5.74) is 15.5. The molecular weight excluding hydrogens is 581 g/mol. The van der Waals surface area contributed by atoms with Crippen LogP contribution in [0.5, 0.6) is 0 Å². The molecule has 8 aromatic rings. The van der Waals surface area contributed by atoms with Crippen LogP contribution in [0.15, 0.2) is 187 Å². The number of amidine groups is 1. The molecule has 2 nitrogen and oxygen atoms in total. The summed E-state index contributed by atoms with van der Waals surface area (Å²) in [7, 11) is 0. The van der Waals surface area contributed by atoms with Crippen LogP contribution in [0.1, 0.15) is 16.7 Å². The van der Waals surface area contributed by atoms with Crippen molar-refractivity contribution in [1.82, 2.24) is 0 Å². The fraction of sp³-hybridized carbons (Fsp3) is 0.0217. The summed E-state index contributed by atoms with van der Waals surface area (Å²) in [4.78, 5) is 4.96. The van der Waals surface area contributed by atoms with Crippen molar-refractivity contribution in [2.45, 2.75) is 6.42 Å². The molecule has 0 aliphatic heterocycles. The maximum Gasteiger partial charge on any atom is 0.131 e. The van der Waals surface area contributed by atoms with Gasteiger partial charge in [0.25, 0.3) is 0 Å². The lowest BCUT2D eigenvalue weighted by atomic mass is 9.85. The van der Waals surface area contributed by atoms with Crippen molar-refractivity contribution >= 4 is 43.9 Å². The molecule has 0 aliphatic carbocycles. The Hall–Kier alpha value is -6.25. The Morgan fingerprint density at radius 2 is 0.958 bits per heavy atom. The monoisotopic (exact) mass is 614 g/mol. The van der Waals surface area contributed by atoms with Crippen molar-refractivity contribution in [3.63, 3.8) is 0 Å². The second-order valence-electron chi connectivity index (χ2n) is 12.1. The summed E-state index contributed by atoms with van der Waals surface area (Å²) in [5.74, 6) is 0.500. The molecule has 48 heavy (non-hydrogen) atoms. The predicted octanol–water partition coefficient (Wildman–Crippen LogP) is 11.5. The zero-order valence-electron chi connectivity index (χ0n) is 26.6. The standard InChI is InChI=1S/C46H34N2/c47-46(36-16-5-2-6-17-36)48-43(30-23-32-13-3-1-4-14-32)34-25-27-35(28-26-34)44-39-19-9-11-21-41(39)45(42-22-12-10-20-40(42)44)38-29-24-33-15-7-8-18-37(33)31-38/h1-22,24-31H,23H2,(H2,47,48)/b43-30-. The fourth-order valence-electron chi connectivity index (χ4n) is 6.76. The smallest absolute Gasteiger partial charge is 0.131 e. The molecule has 0 fully saturated rings. The van der Waals surface area contributed by atoms with Gasteiger partial charge in [-0.1, -0.05) is 176 Å². The van der Waals surface area contributed by atoms with Gasteiger partial charge in [-0.15, -0.1) is 0 Å². The molecule has 0 heterocycles. The number of nitrogens with zero attached hydrogens (tertiary/aromatic N) is 1. The van der Waals surface area contributed by atoms with E-state index in [0.29, 0.717) is 5.84 Å². The van der Waals surface area contributed by atoms with E-state index >= 15 is 0 Å².